The van der Waals surface area contributed by atoms with E-state index in [2.05, 4.69) is 60.7 Å². The molecule has 3 nitrogen and oxygen atoms in total. The molecule has 0 aromatic rings. The predicted octanol–water partition coefficient (Wildman–Crippen LogP) is 5.04. The molecule has 138 valence electrons. The SMILES string of the molecule is CCCNC(=O)C(CC(C)C)C(C)(C)C(C)(C)CCOCCC. The van der Waals surface area contributed by atoms with Crippen LogP contribution in [0.2, 0.25) is 0 Å². The minimum Gasteiger partial charge on any atom is -0.381 e. The number of nitrogens with one attached hydrogen (secondary N) is 1. The monoisotopic (exact) mass is 327 g/mol. The normalized spacial score (nSPS) is 14.1. The maximum Gasteiger partial charge on any atom is 0.223 e. The van der Waals surface area contributed by atoms with E-state index in [-0.39, 0.29) is 22.7 Å². The van der Waals surface area contributed by atoms with E-state index < -0.39 is 0 Å². The largest absolute Gasteiger partial charge is 0.381 e. The first-order valence-corrected chi connectivity index (χ1v) is 9.45. The average molecular weight is 328 g/mol. The van der Waals surface area contributed by atoms with Gasteiger partial charge in [0.15, 0.2) is 0 Å². The zero-order valence-electron chi connectivity index (χ0n) is 16.9. The van der Waals surface area contributed by atoms with Crippen LogP contribution >= 0.6 is 0 Å². The lowest BCUT2D eigenvalue weighted by atomic mass is 9.58. The van der Waals surface area contributed by atoms with E-state index in [0.717, 1.165) is 45.4 Å². The van der Waals surface area contributed by atoms with Crippen molar-refractivity contribution in [3.05, 3.63) is 0 Å². The van der Waals surface area contributed by atoms with Crippen molar-refractivity contribution in [3.63, 3.8) is 0 Å². The van der Waals surface area contributed by atoms with E-state index in [0.29, 0.717) is 5.92 Å². The van der Waals surface area contributed by atoms with Gasteiger partial charge in [0.25, 0.3) is 0 Å². The Morgan fingerprint density at radius 1 is 1.04 bits per heavy atom. The molecule has 0 radical (unpaired) electrons. The van der Waals surface area contributed by atoms with E-state index in [4.69, 9.17) is 4.74 Å². The summed E-state index contributed by atoms with van der Waals surface area (Å²) in [6.45, 7) is 20.1. The lowest BCUT2D eigenvalue weighted by Crippen LogP contribution is -2.47. The first kappa shape index (κ1) is 22.4. The van der Waals surface area contributed by atoms with Crippen LogP contribution < -0.4 is 5.32 Å². The fourth-order valence-corrected chi connectivity index (χ4v) is 2.94. The molecule has 0 heterocycles. The molecule has 3 heteroatoms. The van der Waals surface area contributed by atoms with Crippen molar-refractivity contribution in [2.45, 2.75) is 81.1 Å². The van der Waals surface area contributed by atoms with Crippen LogP contribution in [0.5, 0.6) is 0 Å². The number of carbonyl (C=O) groups excluding carboxylic acids is 1. The van der Waals surface area contributed by atoms with Crippen molar-refractivity contribution in [2.75, 3.05) is 19.8 Å². The highest BCUT2D eigenvalue weighted by Gasteiger charge is 2.45. The molecule has 1 unspecified atom stereocenters. The van der Waals surface area contributed by atoms with Crippen LogP contribution in [-0.2, 0) is 9.53 Å². The van der Waals surface area contributed by atoms with E-state index in [9.17, 15) is 4.79 Å². The van der Waals surface area contributed by atoms with Crippen molar-refractivity contribution in [3.8, 4) is 0 Å². The zero-order chi connectivity index (χ0) is 18.1. The van der Waals surface area contributed by atoms with E-state index in [1.165, 1.54) is 0 Å². The summed E-state index contributed by atoms with van der Waals surface area (Å²) >= 11 is 0. The van der Waals surface area contributed by atoms with Gasteiger partial charge in [-0.05, 0) is 42.4 Å². The van der Waals surface area contributed by atoms with Crippen LogP contribution in [0.1, 0.15) is 81.1 Å². The van der Waals surface area contributed by atoms with E-state index in [1.54, 1.807) is 0 Å². The number of carbonyl (C=O) groups is 1. The van der Waals surface area contributed by atoms with Gasteiger partial charge in [0, 0.05) is 25.7 Å². The van der Waals surface area contributed by atoms with Crippen molar-refractivity contribution < 1.29 is 9.53 Å². The third-order valence-electron chi connectivity index (χ3n) is 5.41. The lowest BCUT2D eigenvalue weighted by molar-refractivity contribution is -0.134. The van der Waals surface area contributed by atoms with Crippen molar-refractivity contribution >= 4 is 5.91 Å². The van der Waals surface area contributed by atoms with Crippen LogP contribution in [0.25, 0.3) is 0 Å². The molecule has 0 aliphatic heterocycles. The molecule has 23 heavy (non-hydrogen) atoms. The second kappa shape index (κ2) is 10.3. The number of hydrogen-bond acceptors (Lipinski definition) is 2. The average Bonchev–Trinajstić information content (AvgIpc) is 2.46. The summed E-state index contributed by atoms with van der Waals surface area (Å²) < 4.78 is 5.70. The van der Waals surface area contributed by atoms with Gasteiger partial charge in [-0.25, -0.2) is 0 Å². The summed E-state index contributed by atoms with van der Waals surface area (Å²) in [5, 5.41) is 3.12. The Kier molecular flexibility index (Phi) is 10.1. The first-order valence-electron chi connectivity index (χ1n) is 9.45. The fourth-order valence-electron chi connectivity index (χ4n) is 2.94. The van der Waals surface area contributed by atoms with Gasteiger partial charge >= 0.3 is 0 Å². The number of hydrogen-bond donors (Lipinski definition) is 1. The smallest absolute Gasteiger partial charge is 0.223 e. The Balaban J connectivity index is 5.08. The molecule has 0 aliphatic carbocycles. The number of rotatable bonds is 12. The Morgan fingerprint density at radius 3 is 2.13 bits per heavy atom. The minimum absolute atomic E-state index is 0.0372. The Morgan fingerprint density at radius 2 is 1.65 bits per heavy atom. The quantitative estimate of drug-likeness (QED) is 0.510. The third kappa shape index (κ3) is 7.24. The Hall–Kier alpha value is -0.570. The standard InChI is InChI=1S/C20H41NO2/c1-9-12-21-18(22)17(15-16(3)4)20(7,8)19(5,6)11-14-23-13-10-2/h16-17H,9-15H2,1-8H3,(H,21,22). The van der Waals surface area contributed by atoms with Crippen LogP contribution in [0.3, 0.4) is 0 Å². The number of amides is 1. The summed E-state index contributed by atoms with van der Waals surface area (Å²) in [6.07, 6.45) is 3.95. The molecule has 0 saturated carbocycles. The molecular weight excluding hydrogens is 286 g/mol. The van der Waals surface area contributed by atoms with Gasteiger partial charge < -0.3 is 10.1 Å². The molecule has 1 amide bonds. The molecule has 0 aliphatic rings. The van der Waals surface area contributed by atoms with E-state index in [1.807, 2.05) is 0 Å². The van der Waals surface area contributed by atoms with Gasteiger partial charge in [-0.2, -0.15) is 0 Å². The number of ether oxygens (including phenoxy) is 1. The summed E-state index contributed by atoms with van der Waals surface area (Å²) in [5.41, 5.74) is -0.0332. The Bertz CT molecular complexity index is 335. The predicted molar refractivity (Wildman–Crippen MR) is 99.5 cm³/mol. The van der Waals surface area contributed by atoms with Gasteiger partial charge in [0.2, 0.25) is 5.91 Å². The summed E-state index contributed by atoms with van der Waals surface area (Å²) in [6, 6.07) is 0. The molecule has 0 saturated heterocycles. The second-order valence-electron chi connectivity index (χ2n) is 8.44. The first-order chi connectivity index (χ1) is 10.6. The highest BCUT2D eigenvalue weighted by Crippen LogP contribution is 2.48. The summed E-state index contributed by atoms with van der Waals surface area (Å²) in [5.74, 6) is 0.766. The summed E-state index contributed by atoms with van der Waals surface area (Å²) in [4.78, 5) is 12.8. The van der Waals surface area contributed by atoms with Gasteiger partial charge in [-0.15, -0.1) is 0 Å². The molecule has 0 bridgehead atoms. The molecular formula is C20H41NO2. The highest BCUT2D eigenvalue weighted by molar-refractivity contribution is 5.79. The van der Waals surface area contributed by atoms with Crippen molar-refractivity contribution in [1.82, 2.24) is 5.32 Å². The lowest BCUT2D eigenvalue weighted by Gasteiger charge is -2.47. The van der Waals surface area contributed by atoms with Crippen LogP contribution in [0.4, 0.5) is 0 Å². The second-order valence-corrected chi connectivity index (χ2v) is 8.44. The molecule has 0 aromatic carbocycles. The molecule has 0 fully saturated rings. The van der Waals surface area contributed by atoms with Crippen LogP contribution in [-0.4, -0.2) is 25.7 Å². The maximum absolute atomic E-state index is 12.8. The molecule has 0 aromatic heterocycles. The summed E-state index contributed by atoms with van der Waals surface area (Å²) in [7, 11) is 0. The fraction of sp³-hybridized carbons (Fsp3) is 0.950. The Labute approximate surface area is 144 Å². The maximum atomic E-state index is 12.8. The highest BCUT2D eigenvalue weighted by atomic mass is 16.5. The van der Waals surface area contributed by atoms with Crippen LogP contribution in [0.15, 0.2) is 0 Å². The van der Waals surface area contributed by atoms with Crippen LogP contribution in [0, 0.1) is 22.7 Å². The molecule has 1 atom stereocenters. The van der Waals surface area contributed by atoms with Gasteiger partial charge in [0.05, 0.1) is 0 Å². The molecule has 0 spiro atoms. The van der Waals surface area contributed by atoms with Gasteiger partial charge in [-0.3, -0.25) is 4.79 Å². The van der Waals surface area contributed by atoms with Gasteiger partial charge in [-0.1, -0.05) is 55.4 Å². The molecule has 1 N–H and O–H groups in total. The van der Waals surface area contributed by atoms with Crippen molar-refractivity contribution in [2.24, 2.45) is 22.7 Å². The van der Waals surface area contributed by atoms with Crippen molar-refractivity contribution in [1.29, 1.82) is 0 Å². The van der Waals surface area contributed by atoms with E-state index >= 15 is 0 Å². The zero-order valence-corrected chi connectivity index (χ0v) is 16.9. The topological polar surface area (TPSA) is 38.3 Å². The van der Waals surface area contributed by atoms with Gasteiger partial charge in [0.1, 0.15) is 0 Å². The third-order valence-corrected chi connectivity index (χ3v) is 5.41. The minimum atomic E-state index is -0.0787. The molecule has 0 rings (SSSR count).